The maximum atomic E-state index is 13.5. The summed E-state index contributed by atoms with van der Waals surface area (Å²) in [7, 11) is 1.76. The van der Waals surface area contributed by atoms with E-state index in [1.165, 1.54) is 0 Å². The molecule has 49 heavy (non-hydrogen) atoms. The van der Waals surface area contributed by atoms with Crippen LogP contribution in [0.25, 0.3) is 0 Å². The number of carbonyl (C=O) groups is 4. The van der Waals surface area contributed by atoms with E-state index in [0.717, 1.165) is 83.9 Å². The van der Waals surface area contributed by atoms with Crippen molar-refractivity contribution in [3.63, 3.8) is 0 Å². The van der Waals surface area contributed by atoms with Crippen molar-refractivity contribution in [1.82, 2.24) is 19.7 Å². The highest BCUT2D eigenvalue weighted by Gasteiger charge is 2.64. The maximum Gasteiger partial charge on any atom is 0.490 e. The SMILES string of the molecule is CCN1CCC2(CN(CCOC)CC23CCN(Cc2ccccn2)CC3)C1=O.O=C(O)C(F)(F)F.O=C(O)C(F)(F)F.O=C(O)C(F)(F)F. The van der Waals surface area contributed by atoms with Gasteiger partial charge in [-0.15, -0.1) is 0 Å². The molecule has 3 fully saturated rings. The number of ether oxygens (including phenoxy) is 1. The predicted molar refractivity (Wildman–Crippen MR) is 150 cm³/mol. The fourth-order valence-corrected chi connectivity index (χ4v) is 5.84. The maximum absolute atomic E-state index is 13.5. The number of nitrogens with zero attached hydrogens (tertiary/aromatic N) is 4. The first-order valence-electron chi connectivity index (χ1n) is 14.5. The molecule has 0 saturated carbocycles. The predicted octanol–water partition coefficient (Wildman–Crippen LogP) is 3.76. The number of fused-ring (bicyclic) bond motifs is 1. The normalized spacial score (nSPS) is 20.9. The van der Waals surface area contributed by atoms with Crippen molar-refractivity contribution in [3.05, 3.63) is 30.1 Å². The smallest absolute Gasteiger partial charge is 0.475 e. The average Bonchev–Trinajstić information content (AvgIpc) is 3.49. The Bertz CT molecular complexity index is 1180. The zero-order chi connectivity index (χ0) is 37.8. The number of carbonyl (C=O) groups excluding carboxylic acids is 1. The van der Waals surface area contributed by atoms with Crippen molar-refractivity contribution in [1.29, 1.82) is 0 Å². The lowest BCUT2D eigenvalue weighted by Gasteiger charge is -2.47. The van der Waals surface area contributed by atoms with Crippen LogP contribution in [0.2, 0.25) is 0 Å². The van der Waals surface area contributed by atoms with Crippen molar-refractivity contribution in [3.8, 4) is 0 Å². The molecule has 2 spiro atoms. The van der Waals surface area contributed by atoms with Gasteiger partial charge < -0.3 is 25.0 Å². The van der Waals surface area contributed by atoms with Crippen LogP contribution in [-0.2, 0) is 30.5 Å². The highest BCUT2D eigenvalue weighted by atomic mass is 19.4. The van der Waals surface area contributed by atoms with Crippen LogP contribution in [0.15, 0.2) is 24.4 Å². The summed E-state index contributed by atoms with van der Waals surface area (Å²) in [5.74, 6) is -7.86. The molecular weight excluding hydrogens is 691 g/mol. The molecule has 3 saturated heterocycles. The molecule has 1 aromatic heterocycles. The van der Waals surface area contributed by atoms with Gasteiger partial charge >= 0.3 is 36.4 Å². The average molecular weight is 729 g/mol. The minimum atomic E-state index is -5.08. The molecule has 1 amide bonds. The van der Waals surface area contributed by atoms with Gasteiger partial charge in [-0.3, -0.25) is 19.6 Å². The van der Waals surface area contributed by atoms with Crippen molar-refractivity contribution < 1.29 is 78.7 Å². The largest absolute Gasteiger partial charge is 0.490 e. The number of carboxylic acids is 3. The van der Waals surface area contributed by atoms with Gasteiger partial charge in [-0.05, 0) is 51.4 Å². The summed E-state index contributed by atoms with van der Waals surface area (Å²) in [5.41, 5.74) is 1.06. The second-order valence-electron chi connectivity index (χ2n) is 11.2. The van der Waals surface area contributed by atoms with E-state index in [9.17, 15) is 44.3 Å². The van der Waals surface area contributed by atoms with Crippen molar-refractivity contribution in [2.45, 2.75) is 51.3 Å². The van der Waals surface area contributed by atoms with Crippen LogP contribution in [0.3, 0.4) is 0 Å². The lowest BCUT2D eigenvalue weighted by molar-refractivity contribution is -0.193. The third-order valence-corrected chi connectivity index (χ3v) is 8.19. The third kappa shape index (κ3) is 12.6. The quantitative estimate of drug-likeness (QED) is 0.366. The summed E-state index contributed by atoms with van der Waals surface area (Å²) in [5, 5.41) is 21.4. The zero-order valence-corrected chi connectivity index (χ0v) is 26.4. The second kappa shape index (κ2) is 17.8. The molecular formula is C28H37F9N4O8. The Morgan fingerprint density at radius 3 is 1.67 bits per heavy atom. The number of aliphatic carboxylic acids is 3. The Balaban J connectivity index is 0.000000467. The van der Waals surface area contributed by atoms with E-state index in [0.29, 0.717) is 5.91 Å². The second-order valence-corrected chi connectivity index (χ2v) is 11.2. The molecule has 0 aliphatic carbocycles. The first-order valence-corrected chi connectivity index (χ1v) is 14.5. The van der Waals surface area contributed by atoms with Gasteiger partial charge in [-0.1, -0.05) is 6.07 Å². The number of likely N-dealkylation sites (tertiary alicyclic amines) is 3. The third-order valence-electron chi connectivity index (χ3n) is 8.19. The van der Waals surface area contributed by atoms with Gasteiger partial charge in [-0.2, -0.15) is 39.5 Å². The first kappa shape index (κ1) is 43.3. The monoisotopic (exact) mass is 728 g/mol. The van der Waals surface area contributed by atoms with Gasteiger partial charge in [0.25, 0.3) is 0 Å². The summed E-state index contributed by atoms with van der Waals surface area (Å²) in [4.78, 5) is 51.7. The number of amides is 1. The number of alkyl halides is 9. The van der Waals surface area contributed by atoms with Gasteiger partial charge in [0.2, 0.25) is 5.91 Å². The number of aromatic nitrogens is 1. The molecule has 21 heteroatoms. The molecule has 3 aliphatic heterocycles. The van der Waals surface area contributed by atoms with Crippen LogP contribution >= 0.6 is 0 Å². The molecule has 12 nitrogen and oxygen atoms in total. The Morgan fingerprint density at radius 2 is 1.31 bits per heavy atom. The lowest BCUT2D eigenvalue weighted by Crippen LogP contribution is -2.52. The van der Waals surface area contributed by atoms with E-state index >= 15 is 0 Å². The van der Waals surface area contributed by atoms with E-state index in [2.05, 4.69) is 38.7 Å². The van der Waals surface area contributed by atoms with E-state index in [4.69, 9.17) is 34.4 Å². The van der Waals surface area contributed by atoms with Crippen LogP contribution in [0.1, 0.15) is 31.9 Å². The number of pyridine rings is 1. The minimum absolute atomic E-state index is 0.113. The lowest BCUT2D eigenvalue weighted by atomic mass is 9.60. The van der Waals surface area contributed by atoms with Crippen molar-refractivity contribution >= 4 is 23.8 Å². The molecule has 280 valence electrons. The Morgan fingerprint density at radius 1 is 0.816 bits per heavy atom. The highest BCUT2D eigenvalue weighted by molar-refractivity contribution is 5.86. The molecule has 1 unspecified atom stereocenters. The van der Waals surface area contributed by atoms with Crippen LogP contribution in [-0.4, -0.2) is 137 Å². The Hall–Kier alpha value is -3.72. The zero-order valence-electron chi connectivity index (χ0n) is 26.4. The summed E-state index contributed by atoms with van der Waals surface area (Å²) in [6.07, 6.45) is -10.2. The number of methoxy groups -OCH3 is 1. The van der Waals surface area contributed by atoms with E-state index in [-0.39, 0.29) is 10.8 Å². The van der Waals surface area contributed by atoms with E-state index in [1.807, 2.05) is 12.3 Å². The number of piperidine rings is 1. The molecule has 3 aliphatic rings. The van der Waals surface area contributed by atoms with Crippen molar-refractivity contribution in [2.24, 2.45) is 10.8 Å². The van der Waals surface area contributed by atoms with Gasteiger partial charge in [-0.25, -0.2) is 14.4 Å². The van der Waals surface area contributed by atoms with Gasteiger partial charge in [0.05, 0.1) is 17.7 Å². The number of carboxylic acid groups (broad SMARTS) is 3. The van der Waals surface area contributed by atoms with Crippen LogP contribution in [0.4, 0.5) is 39.5 Å². The molecule has 1 atom stereocenters. The summed E-state index contributed by atoms with van der Waals surface area (Å²) >= 11 is 0. The van der Waals surface area contributed by atoms with Crippen LogP contribution < -0.4 is 0 Å². The number of hydrogen-bond donors (Lipinski definition) is 3. The first-order chi connectivity index (χ1) is 22.5. The molecule has 0 bridgehead atoms. The standard InChI is InChI=1S/C22H34N4O2.3C2HF3O2/c1-3-26-13-9-22(20(26)27)18-25(14-15-28-2)17-21(22)7-11-24(12-8-21)16-19-6-4-5-10-23-19;3*3-2(4,5)1(6)7/h4-6,10H,3,7-9,11-18H2,1-2H3;3*(H,6,7). The van der Waals surface area contributed by atoms with Crippen molar-refractivity contribution in [2.75, 3.05) is 59.5 Å². The van der Waals surface area contributed by atoms with E-state index < -0.39 is 36.4 Å². The number of rotatable bonds is 6. The molecule has 1 aromatic rings. The molecule has 4 heterocycles. The minimum Gasteiger partial charge on any atom is -0.475 e. The molecule has 4 rings (SSSR count). The van der Waals surface area contributed by atoms with Gasteiger partial charge in [0.15, 0.2) is 0 Å². The fraction of sp³-hybridized carbons (Fsp3) is 0.679. The molecule has 3 N–H and O–H groups in total. The van der Waals surface area contributed by atoms with Gasteiger partial charge in [0, 0.05) is 58.0 Å². The summed E-state index contributed by atoms with van der Waals surface area (Å²) in [6, 6.07) is 6.13. The fourth-order valence-electron chi connectivity index (χ4n) is 5.84. The van der Waals surface area contributed by atoms with Crippen LogP contribution in [0, 0.1) is 10.8 Å². The van der Waals surface area contributed by atoms with Crippen LogP contribution in [0.5, 0.6) is 0 Å². The Labute approximate surface area is 274 Å². The van der Waals surface area contributed by atoms with Gasteiger partial charge in [0.1, 0.15) is 0 Å². The summed E-state index contributed by atoms with van der Waals surface area (Å²) < 4.78 is 101. The summed E-state index contributed by atoms with van der Waals surface area (Å²) in [6.45, 7) is 10.5. The van der Waals surface area contributed by atoms with E-state index in [1.54, 1.807) is 7.11 Å². The Kier molecular flexibility index (Phi) is 15.7. The topological polar surface area (TPSA) is 161 Å². The number of hydrogen-bond acceptors (Lipinski definition) is 8. The highest BCUT2D eigenvalue weighted by Crippen LogP contribution is 2.57. The molecule has 0 aromatic carbocycles. The molecule has 0 radical (unpaired) electrons. The number of halogens is 9.